The van der Waals surface area contributed by atoms with Gasteiger partial charge in [0.15, 0.2) is 0 Å². The van der Waals surface area contributed by atoms with Crippen molar-refractivity contribution in [3.8, 4) is 0 Å². The third-order valence-corrected chi connectivity index (χ3v) is 4.88. The Morgan fingerprint density at radius 3 is 2.50 bits per heavy atom. The van der Waals surface area contributed by atoms with Gasteiger partial charge in [0.1, 0.15) is 16.5 Å². The van der Waals surface area contributed by atoms with Gasteiger partial charge in [-0.3, -0.25) is 0 Å². The van der Waals surface area contributed by atoms with Gasteiger partial charge < -0.3 is 10.8 Å². The van der Waals surface area contributed by atoms with Crippen LogP contribution in [0.3, 0.4) is 0 Å². The van der Waals surface area contributed by atoms with Crippen molar-refractivity contribution < 1.29 is 22.3 Å². The number of halogens is 2. The average Bonchev–Trinajstić information content (AvgIpc) is 2.36. The fourth-order valence-corrected chi connectivity index (χ4v) is 3.66. The number of sulfonamides is 1. The molecule has 20 heavy (non-hydrogen) atoms. The number of nitrogens with two attached hydrogens (primary N) is 1. The van der Waals surface area contributed by atoms with Gasteiger partial charge in [0.05, 0.1) is 11.8 Å². The minimum atomic E-state index is -4.19. The van der Waals surface area contributed by atoms with Gasteiger partial charge in [-0.25, -0.2) is 21.9 Å². The molecular weight excluding hydrogens is 290 g/mol. The highest BCUT2D eigenvalue weighted by molar-refractivity contribution is 7.89. The molecule has 5 nitrogen and oxygen atoms in total. The molecule has 4 N–H and O–H groups in total. The molecule has 1 aromatic rings. The van der Waals surface area contributed by atoms with Gasteiger partial charge in [-0.1, -0.05) is 12.8 Å². The molecular formula is C12H16F2N2O3S. The van der Waals surface area contributed by atoms with E-state index in [1.165, 1.54) is 0 Å². The SMILES string of the molecule is Nc1cc(S(=O)(=O)N[C@@H]2CCCC[C@H]2O)c(F)cc1F. The van der Waals surface area contributed by atoms with Gasteiger partial charge in [0.25, 0.3) is 0 Å². The van der Waals surface area contributed by atoms with E-state index in [0.29, 0.717) is 18.9 Å². The Hall–Kier alpha value is -1.25. The lowest BCUT2D eigenvalue weighted by molar-refractivity contribution is 0.101. The summed E-state index contributed by atoms with van der Waals surface area (Å²) in [7, 11) is -4.19. The van der Waals surface area contributed by atoms with Crippen LogP contribution >= 0.6 is 0 Å². The number of rotatable bonds is 3. The first-order valence-corrected chi connectivity index (χ1v) is 7.74. The first kappa shape index (κ1) is 15.1. The second-order valence-corrected chi connectivity index (χ2v) is 6.57. The van der Waals surface area contributed by atoms with E-state index in [1.807, 2.05) is 0 Å². The summed E-state index contributed by atoms with van der Waals surface area (Å²) in [6, 6.07) is 0.503. The number of hydrogen-bond donors (Lipinski definition) is 3. The molecule has 0 radical (unpaired) electrons. The molecule has 0 spiro atoms. The summed E-state index contributed by atoms with van der Waals surface area (Å²) in [6.45, 7) is 0. The van der Waals surface area contributed by atoms with Crippen LogP contribution in [-0.2, 0) is 10.0 Å². The lowest BCUT2D eigenvalue weighted by atomic mass is 9.93. The van der Waals surface area contributed by atoms with E-state index < -0.39 is 44.4 Å². The van der Waals surface area contributed by atoms with Crippen molar-refractivity contribution in [3.63, 3.8) is 0 Å². The molecule has 0 unspecified atom stereocenters. The molecule has 2 rings (SSSR count). The van der Waals surface area contributed by atoms with Crippen molar-refractivity contribution in [2.24, 2.45) is 0 Å². The van der Waals surface area contributed by atoms with E-state index in [9.17, 15) is 22.3 Å². The Kier molecular flexibility index (Phi) is 4.26. The van der Waals surface area contributed by atoms with Crippen LogP contribution in [0.1, 0.15) is 25.7 Å². The van der Waals surface area contributed by atoms with Gasteiger partial charge in [0.2, 0.25) is 10.0 Å². The maximum atomic E-state index is 13.6. The van der Waals surface area contributed by atoms with Crippen LogP contribution < -0.4 is 10.5 Å². The molecule has 2 atom stereocenters. The first-order valence-electron chi connectivity index (χ1n) is 6.26. The lowest BCUT2D eigenvalue weighted by Crippen LogP contribution is -2.45. The van der Waals surface area contributed by atoms with Crippen LogP contribution in [0.5, 0.6) is 0 Å². The number of benzene rings is 1. The van der Waals surface area contributed by atoms with E-state index in [-0.39, 0.29) is 0 Å². The van der Waals surface area contributed by atoms with Crippen LogP contribution in [0.4, 0.5) is 14.5 Å². The van der Waals surface area contributed by atoms with Crippen LogP contribution in [0, 0.1) is 11.6 Å². The van der Waals surface area contributed by atoms with Crippen LogP contribution in [0.15, 0.2) is 17.0 Å². The van der Waals surface area contributed by atoms with Crippen LogP contribution in [0.25, 0.3) is 0 Å². The van der Waals surface area contributed by atoms with E-state index >= 15 is 0 Å². The van der Waals surface area contributed by atoms with Gasteiger partial charge in [0, 0.05) is 12.1 Å². The molecule has 0 heterocycles. The highest BCUT2D eigenvalue weighted by atomic mass is 32.2. The third kappa shape index (κ3) is 3.08. The standard InChI is InChI=1S/C12H16F2N2O3S/c13-7-5-8(14)12(6-9(7)15)20(18,19)16-10-3-1-2-4-11(10)17/h5-6,10-11,16-17H,1-4,15H2/t10-,11-/m1/s1. The molecule has 0 bridgehead atoms. The van der Waals surface area contributed by atoms with Gasteiger partial charge in [-0.05, 0) is 18.9 Å². The van der Waals surface area contributed by atoms with Crippen molar-refractivity contribution in [2.45, 2.75) is 42.7 Å². The molecule has 0 aromatic heterocycles. The smallest absolute Gasteiger partial charge is 0.243 e. The zero-order valence-corrected chi connectivity index (χ0v) is 11.5. The predicted octanol–water partition coefficient (Wildman–Crippen LogP) is 1.13. The number of aliphatic hydroxyl groups excluding tert-OH is 1. The Labute approximate surface area is 115 Å². The van der Waals surface area contributed by atoms with E-state index in [1.54, 1.807) is 0 Å². The summed E-state index contributed by atoms with van der Waals surface area (Å²) < 4.78 is 53.1. The predicted molar refractivity (Wildman–Crippen MR) is 69.4 cm³/mol. The Morgan fingerprint density at radius 1 is 1.20 bits per heavy atom. The summed E-state index contributed by atoms with van der Waals surface area (Å²) in [5.41, 5.74) is 4.82. The van der Waals surface area contributed by atoms with Crippen LogP contribution in [-0.4, -0.2) is 25.7 Å². The second kappa shape index (κ2) is 5.63. The van der Waals surface area contributed by atoms with Gasteiger partial charge in [-0.15, -0.1) is 0 Å². The summed E-state index contributed by atoms with van der Waals surface area (Å²) >= 11 is 0. The molecule has 0 amide bonds. The number of anilines is 1. The number of hydrogen-bond acceptors (Lipinski definition) is 4. The van der Waals surface area contributed by atoms with E-state index in [2.05, 4.69) is 4.72 Å². The third-order valence-electron chi connectivity index (χ3n) is 3.38. The van der Waals surface area contributed by atoms with Crippen molar-refractivity contribution >= 4 is 15.7 Å². The molecule has 1 fully saturated rings. The summed E-state index contributed by atoms with van der Waals surface area (Å²) in [5, 5.41) is 9.74. The van der Waals surface area contributed by atoms with Crippen molar-refractivity contribution in [3.05, 3.63) is 23.8 Å². The summed E-state index contributed by atoms with van der Waals surface area (Å²) in [5.74, 6) is -2.23. The van der Waals surface area contributed by atoms with Gasteiger partial charge in [-0.2, -0.15) is 0 Å². The fraction of sp³-hybridized carbons (Fsp3) is 0.500. The van der Waals surface area contributed by atoms with E-state index in [0.717, 1.165) is 18.9 Å². The number of nitrogen functional groups attached to an aromatic ring is 1. The Balaban J connectivity index is 2.28. The molecule has 8 heteroatoms. The van der Waals surface area contributed by atoms with Crippen molar-refractivity contribution in [1.29, 1.82) is 0 Å². The molecule has 112 valence electrons. The molecule has 0 aliphatic heterocycles. The van der Waals surface area contributed by atoms with Gasteiger partial charge >= 0.3 is 0 Å². The number of aliphatic hydroxyl groups is 1. The molecule has 1 aliphatic carbocycles. The first-order chi connectivity index (χ1) is 9.31. The molecule has 0 saturated heterocycles. The monoisotopic (exact) mass is 306 g/mol. The Bertz CT molecular complexity index is 607. The van der Waals surface area contributed by atoms with Crippen LogP contribution in [0.2, 0.25) is 0 Å². The highest BCUT2D eigenvalue weighted by Crippen LogP contribution is 2.24. The normalized spacial score (nSPS) is 23.8. The zero-order valence-electron chi connectivity index (χ0n) is 10.6. The summed E-state index contributed by atoms with van der Waals surface area (Å²) in [6.07, 6.45) is 1.74. The average molecular weight is 306 g/mol. The fourth-order valence-electron chi connectivity index (χ4n) is 2.26. The maximum absolute atomic E-state index is 13.6. The second-order valence-electron chi connectivity index (χ2n) is 4.88. The Morgan fingerprint density at radius 2 is 1.85 bits per heavy atom. The topological polar surface area (TPSA) is 92.4 Å². The maximum Gasteiger partial charge on any atom is 0.243 e. The van der Waals surface area contributed by atoms with E-state index in [4.69, 9.17) is 5.73 Å². The minimum absolute atomic E-state index is 0.432. The quantitative estimate of drug-likeness (QED) is 0.730. The number of nitrogens with one attached hydrogen (secondary N) is 1. The van der Waals surface area contributed by atoms with Crippen molar-refractivity contribution in [1.82, 2.24) is 4.72 Å². The molecule has 1 saturated carbocycles. The lowest BCUT2D eigenvalue weighted by Gasteiger charge is -2.28. The largest absolute Gasteiger partial charge is 0.396 e. The molecule has 1 aliphatic rings. The zero-order chi connectivity index (χ0) is 14.9. The highest BCUT2D eigenvalue weighted by Gasteiger charge is 2.30. The van der Waals surface area contributed by atoms with Crippen molar-refractivity contribution in [2.75, 3.05) is 5.73 Å². The minimum Gasteiger partial charge on any atom is -0.396 e. The molecule has 1 aromatic carbocycles. The summed E-state index contributed by atoms with van der Waals surface area (Å²) in [4.78, 5) is -0.714.